The summed E-state index contributed by atoms with van der Waals surface area (Å²) in [5.41, 5.74) is 3.72. The predicted octanol–water partition coefficient (Wildman–Crippen LogP) is 6.72. The molecule has 3 aromatic rings. The van der Waals surface area contributed by atoms with Gasteiger partial charge in [0.05, 0.1) is 10.6 Å². The van der Waals surface area contributed by atoms with E-state index in [4.69, 9.17) is 11.6 Å². The van der Waals surface area contributed by atoms with E-state index in [0.717, 1.165) is 48.8 Å². The van der Waals surface area contributed by atoms with Gasteiger partial charge in [-0.25, -0.2) is 8.42 Å². The Balaban J connectivity index is 1.74. The van der Waals surface area contributed by atoms with Crippen LogP contribution in [0.25, 0.3) is 0 Å². The van der Waals surface area contributed by atoms with Crippen molar-refractivity contribution in [1.82, 2.24) is 10.2 Å². The van der Waals surface area contributed by atoms with Gasteiger partial charge in [0.15, 0.2) is 0 Å². The third kappa shape index (κ3) is 7.98. The molecule has 0 saturated heterocycles. The van der Waals surface area contributed by atoms with E-state index >= 15 is 0 Å². The first-order valence-corrected chi connectivity index (χ1v) is 16.8. The van der Waals surface area contributed by atoms with Crippen LogP contribution in [0.4, 0.5) is 5.69 Å². The highest BCUT2D eigenvalue weighted by molar-refractivity contribution is 7.92. The van der Waals surface area contributed by atoms with Crippen LogP contribution in [0.1, 0.15) is 67.7 Å². The zero-order valence-electron chi connectivity index (χ0n) is 25.5. The van der Waals surface area contributed by atoms with Crippen molar-refractivity contribution in [3.05, 3.63) is 94.0 Å². The number of sulfonamides is 1. The summed E-state index contributed by atoms with van der Waals surface area (Å²) in [6, 6.07) is 18.5. The second kappa shape index (κ2) is 14.4. The van der Waals surface area contributed by atoms with Crippen molar-refractivity contribution >= 4 is 39.1 Å². The van der Waals surface area contributed by atoms with Crippen LogP contribution in [0, 0.1) is 20.8 Å². The molecule has 1 saturated carbocycles. The summed E-state index contributed by atoms with van der Waals surface area (Å²) in [6.07, 6.45) is 5.47. The van der Waals surface area contributed by atoms with Gasteiger partial charge in [-0.15, -0.1) is 0 Å². The number of amides is 2. The lowest BCUT2D eigenvalue weighted by atomic mass is 9.95. The van der Waals surface area contributed by atoms with Gasteiger partial charge in [0, 0.05) is 17.6 Å². The van der Waals surface area contributed by atoms with Gasteiger partial charge >= 0.3 is 0 Å². The average molecular weight is 624 g/mol. The molecule has 0 radical (unpaired) electrons. The summed E-state index contributed by atoms with van der Waals surface area (Å²) in [7, 11) is -4.13. The van der Waals surface area contributed by atoms with Gasteiger partial charge in [0.1, 0.15) is 12.6 Å². The molecule has 4 rings (SSSR count). The molecule has 2 amide bonds. The van der Waals surface area contributed by atoms with Crippen molar-refractivity contribution in [2.24, 2.45) is 0 Å². The molecule has 0 bridgehead atoms. The second-order valence-electron chi connectivity index (χ2n) is 11.5. The second-order valence-corrected chi connectivity index (χ2v) is 13.8. The number of anilines is 1. The lowest BCUT2D eigenvalue weighted by Crippen LogP contribution is -2.54. The lowest BCUT2D eigenvalue weighted by Gasteiger charge is -2.35. The van der Waals surface area contributed by atoms with Gasteiger partial charge in [-0.2, -0.15) is 0 Å². The summed E-state index contributed by atoms with van der Waals surface area (Å²) in [5, 5.41) is 3.64. The summed E-state index contributed by atoms with van der Waals surface area (Å²) in [5.74, 6) is -0.713. The molecule has 1 aliphatic rings. The molecule has 0 spiro atoms. The number of rotatable bonds is 11. The fraction of sp³-hybridized carbons (Fsp3) is 0.412. The number of halogens is 1. The summed E-state index contributed by atoms with van der Waals surface area (Å²) in [4.78, 5) is 29.6. The van der Waals surface area contributed by atoms with Gasteiger partial charge in [-0.3, -0.25) is 13.9 Å². The monoisotopic (exact) mass is 623 g/mol. The third-order valence-electron chi connectivity index (χ3n) is 8.14. The number of hydrogen-bond donors (Lipinski definition) is 1. The molecule has 1 atom stereocenters. The van der Waals surface area contributed by atoms with Crippen LogP contribution in [-0.4, -0.2) is 43.8 Å². The smallest absolute Gasteiger partial charge is 0.264 e. The minimum absolute atomic E-state index is 0.0698. The highest BCUT2D eigenvalue weighted by Gasteiger charge is 2.35. The van der Waals surface area contributed by atoms with E-state index in [-0.39, 0.29) is 23.4 Å². The molecule has 3 aromatic carbocycles. The van der Waals surface area contributed by atoms with Gasteiger partial charge < -0.3 is 10.2 Å². The van der Waals surface area contributed by atoms with Crippen molar-refractivity contribution < 1.29 is 18.0 Å². The standard InChI is InChI=1S/C34H42ClN3O4S/c1-5-31(34(40)36-28-12-7-6-8-13-28)37(22-27-11-9-10-14-30(27)35)33(39)23-38(32-20-17-25(3)21-26(32)4)43(41,42)29-18-15-24(2)16-19-29/h9-11,14-21,28,31H,5-8,12-13,22-23H2,1-4H3,(H,36,40)/t31-/m0/s1. The van der Waals surface area contributed by atoms with E-state index in [1.807, 2.05) is 52.0 Å². The van der Waals surface area contributed by atoms with Crippen LogP contribution in [0.15, 0.2) is 71.6 Å². The van der Waals surface area contributed by atoms with Crippen molar-refractivity contribution in [3.8, 4) is 0 Å². The Hall–Kier alpha value is -3.36. The Morgan fingerprint density at radius 3 is 2.21 bits per heavy atom. The summed E-state index contributed by atoms with van der Waals surface area (Å²) >= 11 is 6.51. The number of carbonyl (C=O) groups excluding carboxylic acids is 2. The molecule has 1 N–H and O–H groups in total. The zero-order valence-corrected chi connectivity index (χ0v) is 27.0. The van der Waals surface area contributed by atoms with Crippen molar-refractivity contribution in [2.75, 3.05) is 10.8 Å². The number of benzene rings is 3. The fourth-order valence-electron chi connectivity index (χ4n) is 5.71. The summed E-state index contributed by atoms with van der Waals surface area (Å²) < 4.78 is 29.5. The Bertz CT molecular complexity index is 1540. The van der Waals surface area contributed by atoms with Crippen molar-refractivity contribution in [3.63, 3.8) is 0 Å². The molecular formula is C34H42ClN3O4S. The first kappa shape index (κ1) is 32.6. The number of hydrogen-bond acceptors (Lipinski definition) is 4. The van der Waals surface area contributed by atoms with Gasteiger partial charge in [-0.05, 0) is 75.4 Å². The van der Waals surface area contributed by atoms with Gasteiger partial charge in [0.25, 0.3) is 10.0 Å². The molecular weight excluding hydrogens is 582 g/mol. The van der Waals surface area contributed by atoms with Crippen molar-refractivity contribution in [2.45, 2.75) is 89.7 Å². The van der Waals surface area contributed by atoms with E-state index < -0.39 is 28.5 Å². The number of nitrogens with one attached hydrogen (secondary N) is 1. The first-order valence-electron chi connectivity index (χ1n) is 15.0. The molecule has 1 fully saturated rings. The van der Waals surface area contributed by atoms with E-state index in [1.54, 1.807) is 42.5 Å². The van der Waals surface area contributed by atoms with Crippen LogP contribution in [0.2, 0.25) is 5.02 Å². The Kier molecular flexibility index (Phi) is 10.9. The van der Waals surface area contributed by atoms with E-state index in [9.17, 15) is 18.0 Å². The van der Waals surface area contributed by atoms with Crippen molar-refractivity contribution in [1.29, 1.82) is 0 Å². The molecule has 1 aliphatic carbocycles. The number of nitrogens with zero attached hydrogens (tertiary/aromatic N) is 2. The van der Waals surface area contributed by atoms with Crippen LogP contribution in [0.5, 0.6) is 0 Å². The van der Waals surface area contributed by atoms with Crippen LogP contribution in [0.3, 0.4) is 0 Å². The topological polar surface area (TPSA) is 86.8 Å². The van der Waals surface area contributed by atoms with E-state index in [0.29, 0.717) is 22.7 Å². The Labute approximate surface area is 261 Å². The predicted molar refractivity (Wildman–Crippen MR) is 173 cm³/mol. The van der Waals surface area contributed by atoms with Crippen LogP contribution < -0.4 is 9.62 Å². The van der Waals surface area contributed by atoms with E-state index in [2.05, 4.69) is 5.32 Å². The van der Waals surface area contributed by atoms with Gasteiger partial charge in [0.2, 0.25) is 11.8 Å². The largest absolute Gasteiger partial charge is 0.352 e. The summed E-state index contributed by atoms with van der Waals surface area (Å²) in [6.45, 7) is 7.11. The highest BCUT2D eigenvalue weighted by atomic mass is 35.5. The molecule has 0 aliphatic heterocycles. The Morgan fingerprint density at radius 1 is 0.930 bits per heavy atom. The quantitative estimate of drug-likeness (QED) is 0.257. The molecule has 230 valence electrons. The molecule has 9 heteroatoms. The van der Waals surface area contributed by atoms with E-state index in [1.165, 1.54) is 9.21 Å². The molecule has 0 aromatic heterocycles. The SMILES string of the molecule is CC[C@@H](C(=O)NC1CCCCC1)N(Cc1ccccc1Cl)C(=O)CN(c1ccc(C)cc1C)S(=O)(=O)c1ccc(C)cc1. The molecule has 0 unspecified atom stereocenters. The number of carbonyl (C=O) groups is 2. The van der Waals surface area contributed by atoms with Gasteiger partial charge in [-0.1, -0.05) is 91.4 Å². The Morgan fingerprint density at radius 2 is 1.58 bits per heavy atom. The fourth-order valence-corrected chi connectivity index (χ4v) is 7.38. The minimum Gasteiger partial charge on any atom is -0.352 e. The lowest BCUT2D eigenvalue weighted by molar-refractivity contribution is -0.140. The first-order chi connectivity index (χ1) is 20.5. The highest BCUT2D eigenvalue weighted by Crippen LogP contribution is 2.29. The third-order valence-corrected chi connectivity index (χ3v) is 10.3. The van der Waals surface area contributed by atoms with Crippen LogP contribution in [-0.2, 0) is 26.2 Å². The molecule has 0 heterocycles. The maximum absolute atomic E-state index is 14.3. The zero-order chi connectivity index (χ0) is 31.1. The van der Waals surface area contributed by atoms with Crippen LogP contribution >= 0.6 is 11.6 Å². The average Bonchev–Trinajstić information content (AvgIpc) is 2.97. The molecule has 43 heavy (non-hydrogen) atoms. The molecule has 7 nitrogen and oxygen atoms in total. The number of aryl methyl sites for hydroxylation is 3. The normalized spacial score (nSPS) is 14.6. The minimum atomic E-state index is -4.13. The maximum atomic E-state index is 14.3. The maximum Gasteiger partial charge on any atom is 0.264 e.